The highest BCUT2D eigenvalue weighted by Crippen LogP contribution is 2.14. The number of aromatic nitrogens is 2. The number of aryl methyl sites for hydroxylation is 2. The highest BCUT2D eigenvalue weighted by atomic mass is 32.2. The lowest BCUT2D eigenvalue weighted by Crippen LogP contribution is -2.38. The summed E-state index contributed by atoms with van der Waals surface area (Å²) >= 11 is 0. The van der Waals surface area contributed by atoms with E-state index in [4.69, 9.17) is 0 Å². The van der Waals surface area contributed by atoms with Gasteiger partial charge < -0.3 is 4.90 Å². The smallest absolute Gasteiger partial charge is 0.272 e. The standard InChI is InChI=1S/C16H28N4O3S/c1-4-6-12-24(22,23)19-9-7-8-18(10-11-19)16(21)15-13-14(3)17-20(15)5-2/h13H,4-12H2,1-3H3. The summed E-state index contributed by atoms with van der Waals surface area (Å²) < 4.78 is 28.0. The fraction of sp³-hybridized carbons (Fsp3) is 0.750. The number of hydrogen-bond donors (Lipinski definition) is 0. The van der Waals surface area contributed by atoms with Crippen LogP contribution >= 0.6 is 0 Å². The van der Waals surface area contributed by atoms with Crippen molar-refractivity contribution in [3.8, 4) is 0 Å². The van der Waals surface area contributed by atoms with Crippen molar-refractivity contribution in [2.75, 3.05) is 31.9 Å². The lowest BCUT2D eigenvalue weighted by molar-refractivity contribution is 0.0752. The van der Waals surface area contributed by atoms with E-state index in [1.54, 1.807) is 15.6 Å². The van der Waals surface area contributed by atoms with E-state index >= 15 is 0 Å². The second-order valence-electron chi connectivity index (χ2n) is 6.20. The van der Waals surface area contributed by atoms with Crippen LogP contribution in [0.15, 0.2) is 6.07 Å². The van der Waals surface area contributed by atoms with Crippen LogP contribution in [0.5, 0.6) is 0 Å². The Balaban J connectivity index is 2.06. The van der Waals surface area contributed by atoms with Gasteiger partial charge in [-0.25, -0.2) is 12.7 Å². The SMILES string of the molecule is CCCCS(=O)(=O)N1CCCN(C(=O)c2cc(C)nn2CC)CC1. The molecule has 8 heteroatoms. The van der Waals surface area contributed by atoms with Gasteiger partial charge in [-0.15, -0.1) is 0 Å². The molecule has 24 heavy (non-hydrogen) atoms. The van der Waals surface area contributed by atoms with E-state index in [0.717, 1.165) is 12.1 Å². The molecule has 2 heterocycles. The molecule has 1 aliphatic rings. The first-order valence-electron chi connectivity index (χ1n) is 8.70. The molecule has 0 bridgehead atoms. The Hall–Kier alpha value is -1.41. The molecule has 1 fully saturated rings. The third kappa shape index (κ3) is 4.36. The van der Waals surface area contributed by atoms with Gasteiger partial charge in [0.1, 0.15) is 5.69 Å². The topological polar surface area (TPSA) is 75.5 Å². The normalized spacial score (nSPS) is 17.0. The van der Waals surface area contributed by atoms with Crippen molar-refractivity contribution >= 4 is 15.9 Å². The lowest BCUT2D eigenvalue weighted by atomic mass is 10.3. The molecule has 0 aromatic carbocycles. The molecular formula is C16H28N4O3S. The maximum Gasteiger partial charge on any atom is 0.272 e. The first kappa shape index (κ1) is 18.9. The second-order valence-corrected chi connectivity index (χ2v) is 8.29. The van der Waals surface area contributed by atoms with Gasteiger partial charge in [0.05, 0.1) is 11.4 Å². The van der Waals surface area contributed by atoms with Gasteiger partial charge in [0.25, 0.3) is 5.91 Å². The maximum atomic E-state index is 12.8. The Bertz CT molecular complexity index is 669. The zero-order chi connectivity index (χ0) is 17.7. The molecule has 0 saturated carbocycles. The van der Waals surface area contributed by atoms with Gasteiger partial charge in [0.2, 0.25) is 10.0 Å². The van der Waals surface area contributed by atoms with Crippen molar-refractivity contribution in [3.05, 3.63) is 17.5 Å². The highest BCUT2D eigenvalue weighted by Gasteiger charge is 2.28. The molecule has 136 valence electrons. The van der Waals surface area contributed by atoms with Crippen molar-refractivity contribution in [1.29, 1.82) is 0 Å². The van der Waals surface area contributed by atoms with Crippen LogP contribution in [0.3, 0.4) is 0 Å². The van der Waals surface area contributed by atoms with Crippen LogP contribution in [-0.2, 0) is 16.6 Å². The fourth-order valence-electron chi connectivity index (χ4n) is 2.95. The molecule has 7 nitrogen and oxygen atoms in total. The Morgan fingerprint density at radius 3 is 2.62 bits per heavy atom. The van der Waals surface area contributed by atoms with Crippen molar-refractivity contribution in [2.45, 2.75) is 46.6 Å². The summed E-state index contributed by atoms with van der Waals surface area (Å²) in [6.07, 6.45) is 2.20. The van der Waals surface area contributed by atoms with E-state index in [0.29, 0.717) is 51.3 Å². The van der Waals surface area contributed by atoms with Gasteiger partial charge in [-0.05, 0) is 32.8 Å². The molecule has 0 atom stereocenters. The monoisotopic (exact) mass is 356 g/mol. The first-order chi connectivity index (χ1) is 11.4. The molecular weight excluding hydrogens is 328 g/mol. The summed E-state index contributed by atoms with van der Waals surface area (Å²) in [5.41, 5.74) is 1.40. The summed E-state index contributed by atoms with van der Waals surface area (Å²) in [4.78, 5) is 14.5. The van der Waals surface area contributed by atoms with Crippen LogP contribution in [0.25, 0.3) is 0 Å². The minimum absolute atomic E-state index is 0.0646. The summed E-state index contributed by atoms with van der Waals surface area (Å²) in [5, 5.41) is 4.32. The molecule has 0 radical (unpaired) electrons. The molecule has 1 aliphatic heterocycles. The Morgan fingerprint density at radius 1 is 1.21 bits per heavy atom. The van der Waals surface area contributed by atoms with Gasteiger partial charge in [0.15, 0.2) is 0 Å². The summed E-state index contributed by atoms with van der Waals surface area (Å²) in [7, 11) is -3.21. The summed E-state index contributed by atoms with van der Waals surface area (Å²) in [5.74, 6) is 0.129. The molecule has 0 spiro atoms. The van der Waals surface area contributed by atoms with Gasteiger partial charge in [0, 0.05) is 32.7 Å². The molecule has 1 saturated heterocycles. The van der Waals surface area contributed by atoms with Gasteiger partial charge in [-0.2, -0.15) is 5.10 Å². The predicted molar refractivity (Wildman–Crippen MR) is 93.4 cm³/mol. The summed E-state index contributed by atoms with van der Waals surface area (Å²) in [6.45, 7) is 8.31. The minimum atomic E-state index is -3.21. The first-order valence-corrected chi connectivity index (χ1v) is 10.3. The van der Waals surface area contributed by atoms with Crippen LogP contribution < -0.4 is 0 Å². The number of amides is 1. The van der Waals surface area contributed by atoms with Crippen molar-refractivity contribution in [3.63, 3.8) is 0 Å². The number of nitrogens with zero attached hydrogens (tertiary/aromatic N) is 4. The number of carbonyl (C=O) groups is 1. The van der Waals surface area contributed by atoms with E-state index in [1.807, 2.05) is 20.8 Å². The number of unbranched alkanes of at least 4 members (excludes halogenated alkanes) is 1. The Labute approximate surface area is 144 Å². The average molecular weight is 356 g/mol. The van der Waals surface area contributed by atoms with E-state index < -0.39 is 10.0 Å². The third-order valence-corrected chi connectivity index (χ3v) is 6.27. The second kappa shape index (κ2) is 8.11. The molecule has 0 unspecified atom stereocenters. The van der Waals surface area contributed by atoms with Gasteiger partial charge in [-0.3, -0.25) is 9.48 Å². The van der Waals surface area contributed by atoms with E-state index in [9.17, 15) is 13.2 Å². The zero-order valence-corrected chi connectivity index (χ0v) is 15.7. The number of carbonyl (C=O) groups excluding carboxylic acids is 1. The van der Waals surface area contributed by atoms with Crippen LogP contribution in [0, 0.1) is 6.92 Å². The van der Waals surface area contributed by atoms with Crippen LogP contribution in [0.1, 0.15) is 49.3 Å². The largest absolute Gasteiger partial charge is 0.336 e. The molecule has 2 rings (SSSR count). The quantitative estimate of drug-likeness (QED) is 0.774. The van der Waals surface area contributed by atoms with Crippen molar-refractivity contribution in [1.82, 2.24) is 19.0 Å². The molecule has 1 aromatic rings. The minimum Gasteiger partial charge on any atom is -0.336 e. The average Bonchev–Trinajstić information content (AvgIpc) is 2.77. The van der Waals surface area contributed by atoms with Crippen molar-refractivity contribution in [2.24, 2.45) is 0 Å². The molecule has 0 N–H and O–H groups in total. The predicted octanol–water partition coefficient (Wildman–Crippen LogP) is 1.49. The number of hydrogen-bond acceptors (Lipinski definition) is 4. The number of sulfonamides is 1. The number of rotatable bonds is 6. The Kier molecular flexibility index (Phi) is 6.40. The Morgan fingerprint density at radius 2 is 1.96 bits per heavy atom. The zero-order valence-electron chi connectivity index (χ0n) is 14.9. The van der Waals surface area contributed by atoms with E-state index in [-0.39, 0.29) is 11.7 Å². The van der Waals surface area contributed by atoms with E-state index in [1.165, 1.54) is 4.31 Å². The van der Waals surface area contributed by atoms with Crippen LogP contribution in [-0.4, -0.2) is 65.2 Å². The molecule has 0 aliphatic carbocycles. The fourth-order valence-corrected chi connectivity index (χ4v) is 4.63. The maximum absolute atomic E-state index is 12.8. The van der Waals surface area contributed by atoms with E-state index in [2.05, 4.69) is 5.10 Å². The highest BCUT2D eigenvalue weighted by molar-refractivity contribution is 7.89. The third-order valence-electron chi connectivity index (χ3n) is 4.31. The lowest BCUT2D eigenvalue weighted by Gasteiger charge is -2.22. The van der Waals surface area contributed by atoms with Crippen molar-refractivity contribution < 1.29 is 13.2 Å². The summed E-state index contributed by atoms with van der Waals surface area (Å²) in [6, 6.07) is 1.80. The van der Waals surface area contributed by atoms with Crippen LogP contribution in [0.2, 0.25) is 0 Å². The van der Waals surface area contributed by atoms with Crippen LogP contribution in [0.4, 0.5) is 0 Å². The van der Waals surface area contributed by atoms with Gasteiger partial charge >= 0.3 is 0 Å². The van der Waals surface area contributed by atoms with Gasteiger partial charge in [-0.1, -0.05) is 13.3 Å². The molecule has 1 aromatic heterocycles. The molecule has 1 amide bonds.